The Hall–Kier alpha value is -0.270. The van der Waals surface area contributed by atoms with E-state index >= 15 is 0 Å². The maximum atomic E-state index is 12.6. The van der Waals surface area contributed by atoms with E-state index in [0.29, 0.717) is 22.1 Å². The molecule has 0 aromatic carbocycles. The monoisotopic (exact) mass is 482 g/mol. The van der Waals surface area contributed by atoms with E-state index in [1.807, 2.05) is 6.07 Å². The minimum atomic E-state index is -4.38. The molecule has 0 radical (unpaired) electrons. The van der Waals surface area contributed by atoms with E-state index in [1.54, 1.807) is 0 Å². The number of aromatic nitrogens is 2. The van der Waals surface area contributed by atoms with Gasteiger partial charge in [0.25, 0.3) is 0 Å². The Balaban J connectivity index is 0.00000120. The molecular formula is C9H7F3I2N4. The van der Waals surface area contributed by atoms with Gasteiger partial charge in [0, 0.05) is 12.1 Å². The number of halogens is 5. The van der Waals surface area contributed by atoms with Gasteiger partial charge in [0.2, 0.25) is 0 Å². The van der Waals surface area contributed by atoms with Gasteiger partial charge in [-0.2, -0.15) is 24.0 Å². The van der Waals surface area contributed by atoms with Crippen LogP contribution in [0.5, 0.6) is 0 Å². The van der Waals surface area contributed by atoms with E-state index in [2.05, 4.69) is 32.6 Å². The highest BCUT2D eigenvalue weighted by molar-refractivity contribution is 14.1. The molecule has 0 amide bonds. The molecule has 0 spiro atoms. The third-order valence-electron chi connectivity index (χ3n) is 2.74. The smallest absolute Gasteiger partial charge is 0.431 e. The first kappa shape index (κ1) is 14.1. The first-order valence-electron chi connectivity index (χ1n) is 4.70. The number of hydrogen-bond donors (Lipinski definition) is 4. The normalized spacial score (nSPS) is 17.3. The highest BCUT2D eigenvalue weighted by atomic mass is 127. The van der Waals surface area contributed by atoms with Crippen LogP contribution in [0.2, 0.25) is 0 Å². The SMILES string of the molecule is N[NH+]1c2cc(I)[nH]c2-c2[nH]c(C(F)(F)F)cc21.[I-]. The topological polar surface area (TPSA) is 62.0 Å². The number of hydrogen-bond acceptors (Lipinski definition) is 1. The number of nitrogens with one attached hydrogen (secondary N) is 3. The molecule has 98 valence electrons. The number of nitrogen functional groups attached to an aromatic ring is 2. The van der Waals surface area contributed by atoms with Gasteiger partial charge in [-0.3, -0.25) is 0 Å². The van der Waals surface area contributed by atoms with Crippen molar-refractivity contribution in [3.05, 3.63) is 21.5 Å². The minimum Gasteiger partial charge on any atom is -1.00 e. The van der Waals surface area contributed by atoms with Crippen molar-refractivity contribution in [1.29, 1.82) is 0 Å². The first-order chi connectivity index (χ1) is 7.88. The molecule has 9 heteroatoms. The van der Waals surface area contributed by atoms with Crippen LogP contribution in [-0.4, -0.2) is 9.97 Å². The number of rotatable bonds is 0. The lowest BCUT2D eigenvalue weighted by Gasteiger charge is -2.04. The maximum Gasteiger partial charge on any atom is 0.431 e. The van der Waals surface area contributed by atoms with E-state index in [9.17, 15) is 13.2 Å². The van der Waals surface area contributed by atoms with Crippen molar-refractivity contribution in [3.8, 4) is 11.4 Å². The molecule has 2 aromatic rings. The first-order valence-corrected chi connectivity index (χ1v) is 5.78. The Kier molecular flexibility index (Phi) is 3.44. The number of alkyl halides is 3. The quantitative estimate of drug-likeness (QED) is 0.274. The molecule has 1 unspecified atom stereocenters. The van der Waals surface area contributed by atoms with E-state index in [4.69, 9.17) is 5.84 Å². The van der Waals surface area contributed by atoms with Crippen molar-refractivity contribution in [2.45, 2.75) is 6.18 Å². The average molecular weight is 482 g/mol. The van der Waals surface area contributed by atoms with Crippen molar-refractivity contribution >= 4 is 34.0 Å². The van der Waals surface area contributed by atoms with Gasteiger partial charge in [0.05, 0.1) is 3.70 Å². The molecule has 2 aromatic heterocycles. The Labute approximate surface area is 130 Å². The zero-order chi connectivity index (χ0) is 12.4. The summed E-state index contributed by atoms with van der Waals surface area (Å²) in [5.41, 5.74) is 1.42. The summed E-state index contributed by atoms with van der Waals surface area (Å²) < 4.78 is 38.5. The second kappa shape index (κ2) is 4.38. The Morgan fingerprint density at radius 3 is 2.28 bits per heavy atom. The Bertz CT molecular complexity index is 601. The lowest BCUT2D eigenvalue weighted by molar-refractivity contribution is -0.769. The predicted octanol–water partition coefficient (Wildman–Crippen LogP) is -1.33. The molecule has 0 saturated carbocycles. The maximum absolute atomic E-state index is 12.6. The van der Waals surface area contributed by atoms with Crippen molar-refractivity contribution < 1.29 is 42.2 Å². The van der Waals surface area contributed by atoms with Crippen LogP contribution in [0.4, 0.5) is 24.5 Å². The third-order valence-corrected chi connectivity index (χ3v) is 3.32. The summed E-state index contributed by atoms with van der Waals surface area (Å²) in [6, 6.07) is 2.86. The Morgan fingerprint density at radius 2 is 1.67 bits per heavy atom. The van der Waals surface area contributed by atoms with Crippen molar-refractivity contribution in [3.63, 3.8) is 0 Å². The molecule has 4 nitrogen and oxygen atoms in total. The number of nitrogens with two attached hydrogens (primary N) is 1. The molecule has 18 heavy (non-hydrogen) atoms. The fourth-order valence-electron chi connectivity index (χ4n) is 1.99. The van der Waals surface area contributed by atoms with Crippen LogP contribution in [-0.2, 0) is 6.18 Å². The summed E-state index contributed by atoms with van der Waals surface area (Å²) in [6.45, 7) is 0. The number of fused-ring (bicyclic) bond motifs is 3. The van der Waals surface area contributed by atoms with Crippen LogP contribution >= 0.6 is 22.6 Å². The average Bonchev–Trinajstić information content (AvgIpc) is 2.81. The van der Waals surface area contributed by atoms with Crippen molar-refractivity contribution in [2.75, 3.05) is 0 Å². The van der Waals surface area contributed by atoms with Gasteiger partial charge in [-0.05, 0) is 22.6 Å². The summed E-state index contributed by atoms with van der Waals surface area (Å²) in [7, 11) is 0. The second-order valence-electron chi connectivity index (χ2n) is 3.79. The zero-order valence-corrected chi connectivity index (χ0v) is 12.9. The van der Waals surface area contributed by atoms with Gasteiger partial charge in [0.15, 0.2) is 11.4 Å². The lowest BCUT2D eigenvalue weighted by atomic mass is 10.3. The van der Waals surface area contributed by atoms with Gasteiger partial charge in [-0.25, -0.2) is 0 Å². The summed E-state index contributed by atoms with van der Waals surface area (Å²) in [6.07, 6.45) is -4.38. The van der Waals surface area contributed by atoms with Crippen LogP contribution in [0.15, 0.2) is 12.1 Å². The van der Waals surface area contributed by atoms with E-state index in [-0.39, 0.29) is 24.0 Å². The summed E-state index contributed by atoms with van der Waals surface area (Å²) in [4.78, 5) is 5.37. The Morgan fingerprint density at radius 1 is 1.11 bits per heavy atom. The van der Waals surface area contributed by atoms with Gasteiger partial charge >= 0.3 is 6.18 Å². The highest BCUT2D eigenvalue weighted by Crippen LogP contribution is 2.40. The van der Waals surface area contributed by atoms with Gasteiger partial charge in [-0.15, -0.1) is 0 Å². The summed E-state index contributed by atoms with van der Waals surface area (Å²) >= 11 is 2.05. The van der Waals surface area contributed by atoms with E-state index < -0.39 is 11.9 Å². The largest absolute Gasteiger partial charge is 1.00 e. The van der Waals surface area contributed by atoms with Crippen LogP contribution < -0.4 is 34.8 Å². The van der Waals surface area contributed by atoms with Crippen LogP contribution in [0, 0.1) is 3.70 Å². The molecule has 3 rings (SSSR count). The molecule has 0 fully saturated rings. The zero-order valence-electron chi connectivity index (χ0n) is 8.62. The van der Waals surface area contributed by atoms with E-state index in [0.717, 1.165) is 15.5 Å². The molecule has 0 bridgehead atoms. The van der Waals surface area contributed by atoms with Gasteiger partial charge in [-0.1, -0.05) is 0 Å². The van der Waals surface area contributed by atoms with Crippen LogP contribution in [0.3, 0.4) is 0 Å². The molecule has 1 aliphatic heterocycles. The van der Waals surface area contributed by atoms with Crippen LogP contribution in [0.1, 0.15) is 5.69 Å². The van der Waals surface area contributed by atoms with Gasteiger partial charge in [0.1, 0.15) is 17.1 Å². The molecule has 5 N–H and O–H groups in total. The number of quaternary nitrogens is 1. The van der Waals surface area contributed by atoms with Crippen LogP contribution in [0.25, 0.3) is 11.4 Å². The standard InChI is InChI=1S/C9H6F3IN4.HI/c10-9(11,12)5-1-3-7(15-5)8-4(17(3)14)2-6(13)16-8;/h1-2,15-16H,14H2;1H. The van der Waals surface area contributed by atoms with E-state index in [1.165, 1.54) is 0 Å². The number of H-pyrrole nitrogens is 2. The lowest BCUT2D eigenvalue weighted by Crippen LogP contribution is -3.07. The molecule has 0 aliphatic carbocycles. The molecule has 1 aliphatic rings. The minimum absolute atomic E-state index is 0. The van der Waals surface area contributed by atoms with Crippen molar-refractivity contribution in [1.82, 2.24) is 9.97 Å². The van der Waals surface area contributed by atoms with Crippen molar-refractivity contribution in [2.24, 2.45) is 5.84 Å². The molecule has 0 saturated heterocycles. The molecular weight excluding hydrogens is 475 g/mol. The second-order valence-corrected chi connectivity index (χ2v) is 4.95. The fourth-order valence-corrected chi connectivity index (χ4v) is 2.57. The summed E-state index contributed by atoms with van der Waals surface area (Å²) in [5.74, 6) is 5.83. The summed E-state index contributed by atoms with van der Waals surface area (Å²) in [5, 5.41) is 0.376. The van der Waals surface area contributed by atoms with Gasteiger partial charge < -0.3 is 33.9 Å². The third kappa shape index (κ3) is 1.96. The predicted molar refractivity (Wildman–Crippen MR) is 62.8 cm³/mol. The molecule has 3 heterocycles. The fraction of sp³-hybridized carbons (Fsp3) is 0.111. The highest BCUT2D eigenvalue weighted by Gasteiger charge is 2.40. The number of aromatic amines is 2. The molecule has 1 atom stereocenters.